The fourth-order valence-electron chi connectivity index (χ4n) is 3.14. The molecule has 1 aliphatic rings. The monoisotopic (exact) mass is 366 g/mol. The van der Waals surface area contributed by atoms with Crippen LogP contribution in [-0.4, -0.2) is 54.4 Å². The van der Waals surface area contributed by atoms with Gasteiger partial charge < -0.3 is 15.1 Å². The van der Waals surface area contributed by atoms with Crippen molar-refractivity contribution in [1.29, 1.82) is 0 Å². The van der Waals surface area contributed by atoms with Gasteiger partial charge in [-0.05, 0) is 30.7 Å². The highest BCUT2D eigenvalue weighted by atomic mass is 16.2. The first-order chi connectivity index (χ1) is 13.2. The van der Waals surface area contributed by atoms with Crippen LogP contribution in [0.3, 0.4) is 0 Å². The van der Waals surface area contributed by atoms with E-state index < -0.39 is 0 Å². The highest BCUT2D eigenvalue weighted by Crippen LogP contribution is 2.16. The average Bonchev–Trinajstić information content (AvgIpc) is 2.74. The molecule has 0 atom stereocenters. The third kappa shape index (κ3) is 4.84. The van der Waals surface area contributed by atoms with Gasteiger partial charge >= 0.3 is 0 Å². The number of para-hydroxylation sites is 1. The lowest BCUT2D eigenvalue weighted by Crippen LogP contribution is -2.49. The molecule has 142 valence electrons. The largest absolute Gasteiger partial charge is 0.368 e. The maximum absolute atomic E-state index is 12.8. The first-order valence-electron chi connectivity index (χ1n) is 9.52. The Morgan fingerprint density at radius 2 is 1.81 bits per heavy atom. The predicted octanol–water partition coefficient (Wildman–Crippen LogP) is 2.57. The first-order valence-corrected chi connectivity index (χ1v) is 9.52. The van der Waals surface area contributed by atoms with Gasteiger partial charge in [-0.25, -0.2) is 0 Å². The number of carbonyl (C=O) groups excluding carboxylic acids is 2. The van der Waals surface area contributed by atoms with Gasteiger partial charge in [0.1, 0.15) is 5.69 Å². The quantitative estimate of drug-likeness (QED) is 0.798. The van der Waals surface area contributed by atoms with Gasteiger partial charge in [-0.15, -0.1) is 0 Å². The van der Waals surface area contributed by atoms with Crippen molar-refractivity contribution >= 4 is 17.5 Å². The van der Waals surface area contributed by atoms with Crippen LogP contribution < -0.4 is 10.2 Å². The Labute approximate surface area is 160 Å². The SMILES string of the molecule is CCCCNC(=O)c1ccnc(C(=O)N2CCN(c3ccccc3)CC2)c1. The molecule has 1 N–H and O–H groups in total. The molecule has 1 saturated heterocycles. The van der Waals surface area contributed by atoms with E-state index in [2.05, 4.69) is 34.3 Å². The first kappa shape index (κ1) is 18.9. The Hall–Kier alpha value is -2.89. The number of nitrogens with one attached hydrogen (secondary N) is 1. The van der Waals surface area contributed by atoms with E-state index in [9.17, 15) is 9.59 Å². The second-order valence-corrected chi connectivity index (χ2v) is 6.65. The predicted molar refractivity (Wildman–Crippen MR) is 106 cm³/mol. The lowest BCUT2D eigenvalue weighted by molar-refractivity contribution is 0.0741. The summed E-state index contributed by atoms with van der Waals surface area (Å²) < 4.78 is 0. The molecule has 0 bridgehead atoms. The molecule has 0 saturated carbocycles. The van der Waals surface area contributed by atoms with Gasteiger partial charge in [0.25, 0.3) is 11.8 Å². The molecule has 3 rings (SSSR count). The second-order valence-electron chi connectivity index (χ2n) is 6.65. The lowest BCUT2D eigenvalue weighted by atomic mass is 10.2. The Balaban J connectivity index is 1.60. The van der Waals surface area contributed by atoms with Crippen molar-refractivity contribution in [3.63, 3.8) is 0 Å². The molecule has 0 spiro atoms. The topological polar surface area (TPSA) is 65.5 Å². The summed E-state index contributed by atoms with van der Waals surface area (Å²) in [6.07, 6.45) is 3.49. The molecule has 1 fully saturated rings. The van der Waals surface area contributed by atoms with Crippen molar-refractivity contribution in [3.8, 4) is 0 Å². The van der Waals surface area contributed by atoms with Gasteiger partial charge in [0.2, 0.25) is 0 Å². The van der Waals surface area contributed by atoms with E-state index in [1.54, 1.807) is 17.0 Å². The van der Waals surface area contributed by atoms with Crippen molar-refractivity contribution < 1.29 is 9.59 Å². The van der Waals surface area contributed by atoms with E-state index in [1.807, 2.05) is 18.2 Å². The van der Waals surface area contributed by atoms with Crippen molar-refractivity contribution in [3.05, 3.63) is 59.9 Å². The molecule has 1 aromatic carbocycles. The Kier molecular flexibility index (Phi) is 6.41. The summed E-state index contributed by atoms with van der Waals surface area (Å²) in [5.74, 6) is -0.278. The molecule has 2 heterocycles. The number of anilines is 1. The van der Waals surface area contributed by atoms with Crippen molar-refractivity contribution in [2.24, 2.45) is 0 Å². The van der Waals surface area contributed by atoms with Crippen LogP contribution in [0.4, 0.5) is 5.69 Å². The number of benzene rings is 1. The van der Waals surface area contributed by atoms with Gasteiger partial charge in [0, 0.05) is 50.2 Å². The summed E-state index contributed by atoms with van der Waals surface area (Å²) in [7, 11) is 0. The molecule has 0 aliphatic carbocycles. The summed E-state index contributed by atoms with van der Waals surface area (Å²) in [5.41, 5.74) is 1.98. The molecule has 6 nitrogen and oxygen atoms in total. The summed E-state index contributed by atoms with van der Waals surface area (Å²) >= 11 is 0. The van der Waals surface area contributed by atoms with Gasteiger partial charge in [-0.2, -0.15) is 0 Å². The van der Waals surface area contributed by atoms with Crippen LogP contribution in [0.25, 0.3) is 0 Å². The summed E-state index contributed by atoms with van der Waals surface area (Å²) in [6.45, 7) is 5.57. The van der Waals surface area contributed by atoms with Crippen molar-refractivity contribution in [2.75, 3.05) is 37.6 Å². The van der Waals surface area contributed by atoms with E-state index in [0.29, 0.717) is 30.9 Å². The number of amides is 2. The van der Waals surface area contributed by atoms with Crippen molar-refractivity contribution in [2.45, 2.75) is 19.8 Å². The molecule has 6 heteroatoms. The summed E-state index contributed by atoms with van der Waals surface area (Å²) in [4.78, 5) is 33.3. The smallest absolute Gasteiger partial charge is 0.272 e. The van der Waals surface area contributed by atoms with Crippen LogP contribution in [0.15, 0.2) is 48.7 Å². The van der Waals surface area contributed by atoms with Gasteiger partial charge in [0.15, 0.2) is 0 Å². The number of piperazine rings is 1. The van der Waals surface area contributed by atoms with Crippen LogP contribution in [0.5, 0.6) is 0 Å². The minimum Gasteiger partial charge on any atom is -0.368 e. The minimum atomic E-state index is -0.159. The third-order valence-electron chi connectivity index (χ3n) is 4.75. The molecular weight excluding hydrogens is 340 g/mol. The molecular formula is C21H26N4O2. The van der Waals surface area contributed by atoms with Gasteiger partial charge in [0.05, 0.1) is 0 Å². The number of carbonyl (C=O) groups is 2. The number of nitrogens with zero attached hydrogens (tertiary/aromatic N) is 3. The number of aromatic nitrogens is 1. The molecule has 1 aliphatic heterocycles. The number of pyridine rings is 1. The summed E-state index contributed by atoms with van der Waals surface area (Å²) in [5, 5.41) is 2.87. The Bertz CT molecular complexity index is 771. The van der Waals surface area contributed by atoms with Crippen molar-refractivity contribution in [1.82, 2.24) is 15.2 Å². The van der Waals surface area contributed by atoms with E-state index in [4.69, 9.17) is 0 Å². The molecule has 2 aromatic rings. The van der Waals surface area contributed by atoms with Crippen LogP contribution in [-0.2, 0) is 0 Å². The van der Waals surface area contributed by atoms with Crippen LogP contribution >= 0.6 is 0 Å². The van der Waals surface area contributed by atoms with E-state index in [-0.39, 0.29) is 11.8 Å². The Morgan fingerprint density at radius 3 is 2.52 bits per heavy atom. The van der Waals surface area contributed by atoms with Gasteiger partial charge in [-0.1, -0.05) is 31.5 Å². The van der Waals surface area contributed by atoms with Crippen LogP contribution in [0.1, 0.15) is 40.6 Å². The average molecular weight is 366 g/mol. The van der Waals surface area contributed by atoms with E-state index in [1.165, 1.54) is 11.9 Å². The molecule has 27 heavy (non-hydrogen) atoms. The standard InChI is InChI=1S/C21H26N4O2/c1-2-3-10-23-20(26)17-9-11-22-19(16-17)21(27)25-14-12-24(13-15-25)18-7-5-4-6-8-18/h4-9,11,16H,2-3,10,12-15H2,1H3,(H,23,26). The molecule has 1 aromatic heterocycles. The fraction of sp³-hybridized carbons (Fsp3) is 0.381. The normalized spacial score (nSPS) is 14.1. The third-order valence-corrected chi connectivity index (χ3v) is 4.75. The van der Waals surface area contributed by atoms with Gasteiger partial charge in [-0.3, -0.25) is 14.6 Å². The fourth-order valence-corrected chi connectivity index (χ4v) is 3.14. The van der Waals surface area contributed by atoms with Crippen LogP contribution in [0, 0.1) is 0 Å². The molecule has 0 unspecified atom stereocenters. The van der Waals surface area contributed by atoms with Crippen LogP contribution in [0.2, 0.25) is 0 Å². The minimum absolute atomic E-state index is 0.120. The Morgan fingerprint density at radius 1 is 1.07 bits per heavy atom. The lowest BCUT2D eigenvalue weighted by Gasteiger charge is -2.36. The highest BCUT2D eigenvalue weighted by molar-refractivity contribution is 5.98. The molecule has 0 radical (unpaired) electrons. The van der Waals surface area contributed by atoms with E-state index >= 15 is 0 Å². The maximum Gasteiger partial charge on any atom is 0.272 e. The van der Waals surface area contributed by atoms with E-state index in [0.717, 1.165) is 25.9 Å². The maximum atomic E-state index is 12.8. The summed E-state index contributed by atoms with van der Waals surface area (Å²) in [6, 6.07) is 13.4. The number of hydrogen-bond acceptors (Lipinski definition) is 4. The zero-order chi connectivity index (χ0) is 19.1. The number of rotatable bonds is 6. The zero-order valence-electron chi connectivity index (χ0n) is 15.7. The second kappa shape index (κ2) is 9.16. The highest BCUT2D eigenvalue weighted by Gasteiger charge is 2.23. The molecule has 2 amide bonds. The zero-order valence-corrected chi connectivity index (χ0v) is 15.7. The number of hydrogen-bond donors (Lipinski definition) is 1. The number of unbranched alkanes of at least 4 members (excludes halogenated alkanes) is 1.